The highest BCUT2D eigenvalue weighted by atomic mass is 35.5. The molecule has 130 valence electrons. The van der Waals surface area contributed by atoms with Gasteiger partial charge in [-0.25, -0.2) is 4.79 Å². The third kappa shape index (κ3) is 4.85. The number of carbonyl (C=O) groups excluding carboxylic acids is 1. The van der Waals surface area contributed by atoms with Gasteiger partial charge in [0.25, 0.3) is 0 Å². The average Bonchev–Trinajstić information content (AvgIpc) is 2.55. The van der Waals surface area contributed by atoms with Crippen LogP contribution in [0.2, 0.25) is 10.0 Å². The van der Waals surface area contributed by atoms with Gasteiger partial charge in [-0.15, -0.1) is 0 Å². The number of aryl methyl sites for hydroxylation is 1. The summed E-state index contributed by atoms with van der Waals surface area (Å²) in [5, 5.41) is 4.10. The van der Waals surface area contributed by atoms with E-state index in [1.807, 2.05) is 19.9 Å². The summed E-state index contributed by atoms with van der Waals surface area (Å²) in [6, 6.07) is 10.6. The van der Waals surface area contributed by atoms with Gasteiger partial charge in [0.15, 0.2) is 6.79 Å². The molecule has 5 nitrogen and oxygen atoms in total. The summed E-state index contributed by atoms with van der Waals surface area (Å²) in [5.74, 6) is -0.485. The van der Waals surface area contributed by atoms with Crippen molar-refractivity contribution in [2.45, 2.75) is 13.8 Å². The lowest BCUT2D eigenvalue weighted by atomic mass is 10.1. The second-order valence-corrected chi connectivity index (χ2v) is 5.55. The van der Waals surface area contributed by atoms with Gasteiger partial charge in [0.1, 0.15) is 0 Å². The molecule has 0 aromatic heterocycles. The minimum absolute atomic E-state index is 0. The van der Waals surface area contributed by atoms with Crippen LogP contribution in [0, 0.1) is 6.92 Å². The number of halogens is 2. The van der Waals surface area contributed by atoms with Crippen LogP contribution in [0.25, 0.3) is 0 Å². The zero-order valence-corrected chi connectivity index (χ0v) is 15.1. The number of para-hydroxylation sites is 1. The number of anilines is 2. The quantitative estimate of drug-likeness (QED) is 0.406. The maximum absolute atomic E-state index is 12.2. The number of rotatable bonds is 6. The van der Waals surface area contributed by atoms with E-state index in [4.69, 9.17) is 32.7 Å². The minimum Gasteiger partial charge on any atom is -0.435 e. The molecule has 0 heterocycles. The van der Waals surface area contributed by atoms with Crippen molar-refractivity contribution in [1.82, 2.24) is 6.15 Å². The van der Waals surface area contributed by atoms with Crippen LogP contribution in [0.5, 0.6) is 0 Å². The van der Waals surface area contributed by atoms with Crippen LogP contribution in [-0.4, -0.2) is 19.4 Å². The second kappa shape index (κ2) is 9.49. The fourth-order valence-corrected chi connectivity index (χ4v) is 2.40. The van der Waals surface area contributed by atoms with Crippen LogP contribution in [0.3, 0.4) is 0 Å². The third-order valence-corrected chi connectivity index (χ3v) is 3.97. The van der Waals surface area contributed by atoms with Gasteiger partial charge in [-0.3, -0.25) is 0 Å². The van der Waals surface area contributed by atoms with Crippen LogP contribution in [0.1, 0.15) is 22.8 Å². The van der Waals surface area contributed by atoms with Crippen LogP contribution < -0.4 is 11.5 Å². The zero-order chi connectivity index (χ0) is 16.8. The van der Waals surface area contributed by atoms with Gasteiger partial charge < -0.3 is 20.9 Å². The molecule has 0 aliphatic carbocycles. The fraction of sp³-hybridized carbons (Fsp3) is 0.235. The number of nitrogens with one attached hydrogen (secondary N) is 1. The SMILES string of the molecule is CCOCOC(=O)c1ccccc1Nc1c(Cl)ccc(C)c1Cl.N. The lowest BCUT2D eigenvalue weighted by Gasteiger charge is -2.15. The maximum Gasteiger partial charge on any atom is 0.342 e. The average molecular weight is 371 g/mol. The van der Waals surface area contributed by atoms with E-state index >= 15 is 0 Å². The highest BCUT2D eigenvalue weighted by Gasteiger charge is 2.15. The van der Waals surface area contributed by atoms with Crippen LogP contribution in [0.15, 0.2) is 36.4 Å². The van der Waals surface area contributed by atoms with E-state index in [-0.39, 0.29) is 12.9 Å². The summed E-state index contributed by atoms with van der Waals surface area (Å²) >= 11 is 12.5. The molecular formula is C17H20Cl2N2O3. The third-order valence-electron chi connectivity index (χ3n) is 3.17. The molecular weight excluding hydrogens is 351 g/mol. The van der Waals surface area contributed by atoms with Crippen molar-refractivity contribution < 1.29 is 14.3 Å². The van der Waals surface area contributed by atoms with E-state index < -0.39 is 5.97 Å². The standard InChI is InChI=1S/C17H17Cl2NO3.H3N/c1-3-22-10-23-17(21)12-6-4-5-7-14(12)20-16-13(18)9-8-11(2)15(16)19;/h4-9,20H,3,10H2,1-2H3;1H3. The van der Waals surface area contributed by atoms with Crippen LogP contribution in [-0.2, 0) is 9.47 Å². The van der Waals surface area contributed by atoms with Crippen molar-refractivity contribution in [3.8, 4) is 0 Å². The summed E-state index contributed by atoms with van der Waals surface area (Å²) in [5.41, 5.74) is 2.37. The Morgan fingerprint density at radius 1 is 1.17 bits per heavy atom. The summed E-state index contributed by atoms with van der Waals surface area (Å²) < 4.78 is 10.1. The molecule has 0 amide bonds. The van der Waals surface area contributed by atoms with Gasteiger partial charge in [-0.2, -0.15) is 0 Å². The van der Waals surface area contributed by atoms with Gasteiger partial charge in [-0.05, 0) is 37.6 Å². The lowest BCUT2D eigenvalue weighted by molar-refractivity contribution is -0.0273. The number of carbonyl (C=O) groups is 1. The van der Waals surface area contributed by atoms with E-state index in [2.05, 4.69) is 5.32 Å². The van der Waals surface area contributed by atoms with Crippen molar-refractivity contribution in [3.63, 3.8) is 0 Å². The first-order valence-corrected chi connectivity index (χ1v) is 7.85. The normalized spacial score (nSPS) is 10.0. The topological polar surface area (TPSA) is 82.6 Å². The van der Waals surface area contributed by atoms with E-state index in [1.165, 1.54) is 0 Å². The summed E-state index contributed by atoms with van der Waals surface area (Å²) in [6.07, 6.45) is 0. The molecule has 0 fully saturated rings. The number of hydrogen-bond donors (Lipinski definition) is 2. The lowest BCUT2D eigenvalue weighted by Crippen LogP contribution is -2.11. The Balaban J connectivity index is 0.00000288. The Morgan fingerprint density at radius 3 is 2.58 bits per heavy atom. The van der Waals surface area contributed by atoms with E-state index in [1.54, 1.807) is 30.3 Å². The second-order valence-electron chi connectivity index (χ2n) is 4.77. The zero-order valence-electron chi connectivity index (χ0n) is 13.6. The van der Waals surface area contributed by atoms with Crippen LogP contribution >= 0.6 is 23.2 Å². The predicted octanol–water partition coefficient (Wildman–Crippen LogP) is 5.36. The molecule has 0 aliphatic heterocycles. The molecule has 0 bridgehead atoms. The predicted molar refractivity (Wildman–Crippen MR) is 97.9 cm³/mol. The van der Waals surface area contributed by atoms with Crippen molar-refractivity contribution in [2.75, 3.05) is 18.7 Å². The maximum atomic E-state index is 12.2. The number of hydrogen-bond acceptors (Lipinski definition) is 5. The molecule has 0 aliphatic rings. The van der Waals surface area contributed by atoms with Crippen molar-refractivity contribution >= 4 is 40.5 Å². The van der Waals surface area contributed by atoms with Crippen molar-refractivity contribution in [2.24, 2.45) is 0 Å². The molecule has 0 atom stereocenters. The number of esters is 1. The molecule has 2 aromatic carbocycles. The Kier molecular flexibility index (Phi) is 8.01. The molecule has 0 unspecified atom stereocenters. The summed E-state index contributed by atoms with van der Waals surface area (Å²) in [4.78, 5) is 12.2. The van der Waals surface area contributed by atoms with Gasteiger partial charge in [0.2, 0.25) is 0 Å². The van der Waals surface area contributed by atoms with Crippen molar-refractivity contribution in [3.05, 3.63) is 57.6 Å². The number of ether oxygens (including phenoxy) is 2. The minimum atomic E-state index is -0.485. The first-order chi connectivity index (χ1) is 11.0. The smallest absolute Gasteiger partial charge is 0.342 e. The van der Waals surface area contributed by atoms with Gasteiger partial charge in [0, 0.05) is 6.61 Å². The molecule has 7 heteroatoms. The highest BCUT2D eigenvalue weighted by Crippen LogP contribution is 2.36. The monoisotopic (exact) mass is 370 g/mol. The van der Waals surface area contributed by atoms with E-state index in [0.29, 0.717) is 33.6 Å². The molecule has 2 aromatic rings. The first-order valence-electron chi connectivity index (χ1n) is 7.10. The molecule has 0 saturated carbocycles. The van der Waals surface area contributed by atoms with E-state index in [9.17, 15) is 4.79 Å². The van der Waals surface area contributed by atoms with Gasteiger partial charge >= 0.3 is 5.97 Å². The van der Waals surface area contributed by atoms with E-state index in [0.717, 1.165) is 5.56 Å². The van der Waals surface area contributed by atoms with Crippen LogP contribution in [0.4, 0.5) is 11.4 Å². The molecule has 0 radical (unpaired) electrons. The largest absolute Gasteiger partial charge is 0.435 e. The van der Waals surface area contributed by atoms with Crippen molar-refractivity contribution in [1.29, 1.82) is 0 Å². The Morgan fingerprint density at radius 2 is 1.88 bits per heavy atom. The molecule has 2 rings (SSSR count). The highest BCUT2D eigenvalue weighted by molar-refractivity contribution is 6.39. The van der Waals surface area contributed by atoms with Gasteiger partial charge in [0.05, 0.1) is 27.0 Å². The fourth-order valence-electron chi connectivity index (χ4n) is 1.93. The summed E-state index contributed by atoms with van der Waals surface area (Å²) in [6.45, 7) is 4.09. The number of benzene rings is 2. The molecule has 4 N–H and O–H groups in total. The molecule has 0 spiro atoms. The Hall–Kier alpha value is -1.79. The Labute approximate surface area is 151 Å². The summed E-state index contributed by atoms with van der Waals surface area (Å²) in [7, 11) is 0. The molecule has 0 saturated heterocycles. The van der Waals surface area contributed by atoms with Gasteiger partial charge in [-0.1, -0.05) is 41.4 Å². The molecule has 24 heavy (non-hydrogen) atoms. The Bertz CT molecular complexity index is 708. The first kappa shape index (κ1) is 20.3.